The third-order valence-electron chi connectivity index (χ3n) is 8.38. The molecule has 0 aliphatic heterocycles. The Morgan fingerprint density at radius 3 is 2.76 bits per heavy atom. The molecule has 3 fully saturated rings. The summed E-state index contributed by atoms with van der Waals surface area (Å²) in [5, 5.41) is 0. The van der Waals surface area contributed by atoms with Gasteiger partial charge in [0, 0.05) is 0 Å². The molecule has 0 amide bonds. The largest absolute Gasteiger partial charge is 0.103 e. The lowest BCUT2D eigenvalue weighted by molar-refractivity contribution is -0.0346. The van der Waals surface area contributed by atoms with Crippen molar-refractivity contribution >= 4 is 0 Å². The van der Waals surface area contributed by atoms with E-state index in [1.807, 2.05) is 5.57 Å². The van der Waals surface area contributed by atoms with Crippen molar-refractivity contribution < 1.29 is 0 Å². The molecule has 0 aromatic heterocycles. The standard InChI is InChI=1S/C21H32/c1-4-15-9-11-18-17-10-8-16-7-5-6-13-20(16,2)19(17)12-14-21(15,18)3/h4,8,15,17-19H,1,5-7,9-14H2,2-3H3/t15?,17-,18-,19-,20-,21+/m0/s1. The summed E-state index contributed by atoms with van der Waals surface area (Å²) in [4.78, 5) is 0. The topological polar surface area (TPSA) is 0 Å². The fourth-order valence-corrected chi connectivity index (χ4v) is 7.13. The maximum Gasteiger partial charge on any atom is -0.00853 e. The maximum atomic E-state index is 4.15. The van der Waals surface area contributed by atoms with E-state index in [1.165, 1.54) is 57.8 Å². The van der Waals surface area contributed by atoms with E-state index in [0.29, 0.717) is 10.8 Å². The highest BCUT2D eigenvalue weighted by molar-refractivity contribution is 5.24. The summed E-state index contributed by atoms with van der Waals surface area (Å²) in [6.07, 6.45) is 17.9. The monoisotopic (exact) mass is 284 g/mol. The zero-order chi connectivity index (χ0) is 14.7. The third kappa shape index (κ3) is 1.80. The van der Waals surface area contributed by atoms with Crippen LogP contribution in [-0.2, 0) is 0 Å². The third-order valence-corrected chi connectivity index (χ3v) is 8.38. The molecule has 0 saturated heterocycles. The first kappa shape index (κ1) is 14.1. The minimum Gasteiger partial charge on any atom is -0.103 e. The van der Waals surface area contributed by atoms with Crippen LogP contribution in [0.3, 0.4) is 0 Å². The molecule has 21 heavy (non-hydrogen) atoms. The molecule has 0 aromatic carbocycles. The average Bonchev–Trinajstić information content (AvgIpc) is 2.83. The van der Waals surface area contributed by atoms with Crippen LogP contribution in [0.15, 0.2) is 24.3 Å². The molecule has 0 spiro atoms. The van der Waals surface area contributed by atoms with E-state index < -0.39 is 0 Å². The van der Waals surface area contributed by atoms with E-state index in [2.05, 4.69) is 32.6 Å². The second-order valence-electron chi connectivity index (χ2n) is 8.93. The molecule has 6 atom stereocenters. The molecule has 3 saturated carbocycles. The van der Waals surface area contributed by atoms with Gasteiger partial charge in [0.1, 0.15) is 0 Å². The van der Waals surface area contributed by atoms with Crippen molar-refractivity contribution in [3.05, 3.63) is 24.3 Å². The van der Waals surface area contributed by atoms with Crippen LogP contribution < -0.4 is 0 Å². The number of hydrogen-bond acceptors (Lipinski definition) is 0. The fourth-order valence-electron chi connectivity index (χ4n) is 7.13. The lowest BCUT2D eigenvalue weighted by Gasteiger charge is -2.57. The van der Waals surface area contributed by atoms with Crippen LogP contribution in [0.2, 0.25) is 0 Å². The Hall–Kier alpha value is -0.520. The summed E-state index contributed by atoms with van der Waals surface area (Å²) in [6, 6.07) is 0. The van der Waals surface area contributed by atoms with Gasteiger partial charge in [-0.15, -0.1) is 6.58 Å². The SMILES string of the molecule is C=CC1CC[C@H]2[C@@H]3CC=C4CCCC[C@]4(C)[C@H]3CC[C@]12C. The van der Waals surface area contributed by atoms with Crippen LogP contribution in [0.25, 0.3) is 0 Å². The first-order valence-electron chi connectivity index (χ1n) is 9.41. The quantitative estimate of drug-likeness (QED) is 0.507. The van der Waals surface area contributed by atoms with Crippen LogP contribution in [0.4, 0.5) is 0 Å². The Bertz CT molecular complexity index is 472. The van der Waals surface area contributed by atoms with Gasteiger partial charge in [0.15, 0.2) is 0 Å². The van der Waals surface area contributed by atoms with E-state index in [-0.39, 0.29) is 0 Å². The summed E-state index contributed by atoms with van der Waals surface area (Å²) < 4.78 is 0. The molecule has 0 radical (unpaired) electrons. The number of allylic oxidation sites excluding steroid dienone is 3. The lowest BCUT2D eigenvalue weighted by atomic mass is 9.47. The van der Waals surface area contributed by atoms with Crippen LogP contribution >= 0.6 is 0 Å². The summed E-state index contributed by atoms with van der Waals surface area (Å²) in [5.41, 5.74) is 2.98. The maximum absolute atomic E-state index is 4.15. The van der Waals surface area contributed by atoms with Crippen molar-refractivity contribution in [2.45, 2.75) is 71.6 Å². The molecule has 0 heterocycles. The smallest absolute Gasteiger partial charge is 0.00853 e. The normalized spacial score (nSPS) is 52.4. The highest BCUT2D eigenvalue weighted by Gasteiger charge is 2.57. The summed E-state index contributed by atoms with van der Waals surface area (Å²) in [6.45, 7) is 9.37. The van der Waals surface area contributed by atoms with Gasteiger partial charge in [0.2, 0.25) is 0 Å². The highest BCUT2D eigenvalue weighted by atomic mass is 14.6. The van der Waals surface area contributed by atoms with Crippen molar-refractivity contribution in [2.24, 2.45) is 34.5 Å². The predicted octanol–water partition coefficient (Wildman–Crippen LogP) is 6.14. The lowest BCUT2D eigenvalue weighted by Crippen LogP contribution is -2.49. The molecule has 0 N–H and O–H groups in total. The second-order valence-corrected chi connectivity index (χ2v) is 8.93. The van der Waals surface area contributed by atoms with Gasteiger partial charge in [-0.25, -0.2) is 0 Å². The molecule has 1 unspecified atom stereocenters. The molecule has 4 rings (SSSR count). The zero-order valence-corrected chi connectivity index (χ0v) is 14.0. The predicted molar refractivity (Wildman–Crippen MR) is 90.0 cm³/mol. The van der Waals surface area contributed by atoms with E-state index in [1.54, 1.807) is 0 Å². The van der Waals surface area contributed by atoms with Crippen molar-refractivity contribution in [2.75, 3.05) is 0 Å². The zero-order valence-electron chi connectivity index (χ0n) is 14.0. The van der Waals surface area contributed by atoms with Crippen molar-refractivity contribution in [3.63, 3.8) is 0 Å². The first-order chi connectivity index (χ1) is 10.1. The first-order valence-corrected chi connectivity index (χ1v) is 9.41. The van der Waals surface area contributed by atoms with E-state index >= 15 is 0 Å². The molecule has 116 valence electrons. The van der Waals surface area contributed by atoms with Crippen molar-refractivity contribution in [1.29, 1.82) is 0 Å². The molecule has 4 aliphatic carbocycles. The summed E-state index contributed by atoms with van der Waals surface area (Å²) in [5.74, 6) is 3.71. The van der Waals surface area contributed by atoms with E-state index in [9.17, 15) is 0 Å². The van der Waals surface area contributed by atoms with Crippen LogP contribution in [0.1, 0.15) is 71.6 Å². The minimum absolute atomic E-state index is 0.564. The van der Waals surface area contributed by atoms with Gasteiger partial charge < -0.3 is 0 Å². The van der Waals surface area contributed by atoms with E-state index in [0.717, 1.165) is 23.7 Å². The molecule has 0 aromatic rings. The van der Waals surface area contributed by atoms with Gasteiger partial charge in [-0.2, -0.15) is 0 Å². The van der Waals surface area contributed by atoms with Crippen LogP contribution in [0.5, 0.6) is 0 Å². The van der Waals surface area contributed by atoms with Gasteiger partial charge in [-0.05, 0) is 85.9 Å². The molecule has 0 heteroatoms. The Morgan fingerprint density at radius 2 is 1.95 bits per heavy atom. The second kappa shape index (κ2) is 4.74. The molecule has 4 aliphatic rings. The van der Waals surface area contributed by atoms with Crippen LogP contribution in [-0.4, -0.2) is 0 Å². The minimum atomic E-state index is 0.564. The van der Waals surface area contributed by atoms with Gasteiger partial charge in [0.25, 0.3) is 0 Å². The fraction of sp³-hybridized carbons (Fsp3) is 0.810. The Morgan fingerprint density at radius 1 is 1.10 bits per heavy atom. The highest BCUT2D eigenvalue weighted by Crippen LogP contribution is 2.66. The van der Waals surface area contributed by atoms with Gasteiger partial charge in [-0.1, -0.05) is 38.0 Å². The number of fused-ring (bicyclic) bond motifs is 5. The molecular formula is C21H32. The number of rotatable bonds is 1. The van der Waals surface area contributed by atoms with Crippen LogP contribution in [0, 0.1) is 34.5 Å². The van der Waals surface area contributed by atoms with E-state index in [4.69, 9.17) is 0 Å². The Balaban J connectivity index is 1.69. The van der Waals surface area contributed by atoms with Gasteiger partial charge in [0.05, 0.1) is 0 Å². The Kier molecular flexibility index (Phi) is 3.18. The number of hydrogen-bond donors (Lipinski definition) is 0. The average molecular weight is 284 g/mol. The summed E-state index contributed by atoms with van der Waals surface area (Å²) >= 11 is 0. The molecule has 0 bridgehead atoms. The molecular weight excluding hydrogens is 252 g/mol. The van der Waals surface area contributed by atoms with Crippen molar-refractivity contribution in [3.8, 4) is 0 Å². The van der Waals surface area contributed by atoms with Gasteiger partial charge in [-0.3, -0.25) is 0 Å². The van der Waals surface area contributed by atoms with Gasteiger partial charge >= 0.3 is 0 Å². The Labute approximate surface area is 131 Å². The van der Waals surface area contributed by atoms with Crippen molar-refractivity contribution in [1.82, 2.24) is 0 Å². The molecule has 0 nitrogen and oxygen atoms in total. The summed E-state index contributed by atoms with van der Waals surface area (Å²) in [7, 11) is 0.